The number of methoxy groups -OCH3 is 1. The van der Waals surface area contributed by atoms with Gasteiger partial charge in [0.05, 0.1) is 47.0 Å². The fraction of sp³-hybridized carbons (Fsp3) is 0.167. The van der Waals surface area contributed by atoms with E-state index in [9.17, 15) is 18.0 Å². The smallest absolute Gasteiger partial charge is 0.418 e. The van der Waals surface area contributed by atoms with Gasteiger partial charge in [0.1, 0.15) is 5.75 Å². The molecule has 0 atom stereocenters. The van der Waals surface area contributed by atoms with Gasteiger partial charge in [-0.05, 0) is 55.0 Å². The number of benzene rings is 3. The molecular weight excluding hydrogens is 513 g/mol. The van der Waals surface area contributed by atoms with Crippen molar-refractivity contribution in [1.82, 2.24) is 9.55 Å². The predicted octanol–water partition coefficient (Wildman–Crippen LogP) is 6.35. The van der Waals surface area contributed by atoms with Gasteiger partial charge in [-0.15, -0.1) is 0 Å². The van der Waals surface area contributed by atoms with Crippen LogP contribution in [0.15, 0.2) is 65.4 Å². The molecule has 0 radical (unpaired) electrons. The first-order valence-electron chi connectivity index (χ1n) is 10.1. The molecule has 3 aromatic carbocycles. The lowest BCUT2D eigenvalue weighted by molar-refractivity contribution is -0.137. The Morgan fingerprint density at radius 2 is 1.82 bits per heavy atom. The van der Waals surface area contributed by atoms with Gasteiger partial charge in [0.25, 0.3) is 5.91 Å². The number of aromatic nitrogens is 2. The zero-order valence-corrected chi connectivity index (χ0v) is 20.0. The van der Waals surface area contributed by atoms with Crippen molar-refractivity contribution in [2.45, 2.75) is 13.1 Å². The summed E-state index contributed by atoms with van der Waals surface area (Å²) in [4.78, 5) is 18.1. The van der Waals surface area contributed by atoms with Crippen LogP contribution in [0.25, 0.3) is 11.0 Å². The number of carbonyl (C=O) groups is 1. The van der Waals surface area contributed by atoms with Gasteiger partial charge in [0, 0.05) is 17.6 Å². The number of anilines is 2. The van der Waals surface area contributed by atoms with E-state index in [0.29, 0.717) is 16.8 Å². The number of aryl methyl sites for hydroxylation is 2. The van der Waals surface area contributed by atoms with Gasteiger partial charge in [0.15, 0.2) is 0 Å². The molecule has 0 aliphatic heterocycles. The van der Waals surface area contributed by atoms with Crippen LogP contribution in [0.1, 0.15) is 21.5 Å². The fourth-order valence-electron chi connectivity index (χ4n) is 3.55. The number of hydrazine groups is 1. The number of nitrogens with one attached hydrogen (secondary N) is 1. The van der Waals surface area contributed by atoms with Gasteiger partial charge in [-0.1, -0.05) is 22.0 Å². The molecule has 0 unspecified atom stereocenters. The normalized spacial score (nSPS) is 11.5. The van der Waals surface area contributed by atoms with Crippen molar-refractivity contribution in [1.29, 1.82) is 0 Å². The maximum absolute atomic E-state index is 13.8. The van der Waals surface area contributed by atoms with Crippen molar-refractivity contribution in [3.05, 3.63) is 82.1 Å². The number of fused-ring (bicyclic) bond motifs is 1. The summed E-state index contributed by atoms with van der Waals surface area (Å²) in [5.74, 6) is -0.341. The summed E-state index contributed by atoms with van der Waals surface area (Å²) in [6.45, 7) is 1.68. The highest BCUT2D eigenvalue weighted by atomic mass is 79.9. The zero-order chi connectivity index (χ0) is 24.6. The minimum atomic E-state index is -4.62. The Balaban J connectivity index is 1.86. The molecule has 4 rings (SSSR count). The molecule has 0 bridgehead atoms. The molecule has 0 spiro atoms. The maximum atomic E-state index is 13.8. The SMILES string of the molecule is COc1cc2c(cc1C(=O)N(Nc1cc(C)ccc1C(F)(F)F)c1ccc(Br)cc1)ncn2C. The average molecular weight is 533 g/mol. The second kappa shape index (κ2) is 9.02. The Labute approximate surface area is 202 Å². The maximum Gasteiger partial charge on any atom is 0.418 e. The zero-order valence-electron chi connectivity index (χ0n) is 18.4. The Hall–Kier alpha value is -3.53. The van der Waals surface area contributed by atoms with E-state index in [1.807, 2.05) is 7.05 Å². The minimum absolute atomic E-state index is 0.144. The first-order chi connectivity index (χ1) is 16.1. The van der Waals surface area contributed by atoms with E-state index < -0.39 is 17.6 Å². The molecule has 4 aromatic rings. The largest absolute Gasteiger partial charge is 0.496 e. The van der Waals surface area contributed by atoms with Crippen LogP contribution >= 0.6 is 15.9 Å². The van der Waals surface area contributed by atoms with E-state index >= 15 is 0 Å². The highest BCUT2D eigenvalue weighted by Gasteiger charge is 2.35. The Morgan fingerprint density at radius 1 is 1.12 bits per heavy atom. The number of carbonyl (C=O) groups excluding carboxylic acids is 1. The summed E-state index contributed by atoms with van der Waals surface area (Å²) in [5, 5.41) is 1.07. The number of imidazole rings is 1. The van der Waals surface area contributed by atoms with Crippen LogP contribution in [0.4, 0.5) is 24.5 Å². The van der Waals surface area contributed by atoms with Crippen LogP contribution in [0.3, 0.4) is 0 Å². The Kier molecular flexibility index (Phi) is 6.26. The highest BCUT2D eigenvalue weighted by molar-refractivity contribution is 9.10. The molecule has 176 valence electrons. The third kappa shape index (κ3) is 4.58. The molecule has 10 heteroatoms. The third-order valence-electron chi connectivity index (χ3n) is 5.28. The molecule has 1 aromatic heterocycles. The summed E-state index contributed by atoms with van der Waals surface area (Å²) in [6, 6.07) is 13.6. The molecule has 0 saturated heterocycles. The van der Waals surface area contributed by atoms with Crippen molar-refractivity contribution < 1.29 is 22.7 Å². The Morgan fingerprint density at radius 3 is 2.47 bits per heavy atom. The number of ether oxygens (including phenoxy) is 1. The summed E-state index contributed by atoms with van der Waals surface area (Å²) < 4.78 is 49.2. The first-order valence-corrected chi connectivity index (χ1v) is 10.9. The summed E-state index contributed by atoms with van der Waals surface area (Å²) in [5.41, 5.74) is 3.94. The van der Waals surface area contributed by atoms with E-state index in [1.165, 1.54) is 19.2 Å². The molecule has 1 amide bonds. The van der Waals surface area contributed by atoms with E-state index in [4.69, 9.17) is 4.74 Å². The predicted molar refractivity (Wildman–Crippen MR) is 128 cm³/mol. The van der Waals surface area contributed by atoms with Crippen LogP contribution in [0.5, 0.6) is 5.75 Å². The quantitative estimate of drug-likeness (QED) is 0.304. The van der Waals surface area contributed by atoms with Crippen LogP contribution in [-0.2, 0) is 13.2 Å². The molecular formula is C24H20BrF3N4O2. The average Bonchev–Trinajstić information content (AvgIpc) is 3.15. The van der Waals surface area contributed by atoms with E-state index in [2.05, 4.69) is 26.3 Å². The highest BCUT2D eigenvalue weighted by Crippen LogP contribution is 2.37. The van der Waals surface area contributed by atoms with Gasteiger partial charge in [-0.25, -0.2) is 9.99 Å². The number of amides is 1. The van der Waals surface area contributed by atoms with Gasteiger partial charge in [0.2, 0.25) is 0 Å². The summed E-state index contributed by atoms with van der Waals surface area (Å²) in [7, 11) is 3.23. The molecule has 0 aliphatic rings. The van der Waals surface area contributed by atoms with Gasteiger partial charge in [-0.2, -0.15) is 13.2 Å². The minimum Gasteiger partial charge on any atom is -0.496 e. The van der Waals surface area contributed by atoms with Crippen molar-refractivity contribution in [3.8, 4) is 5.75 Å². The second-order valence-electron chi connectivity index (χ2n) is 7.67. The number of alkyl halides is 3. The fourth-order valence-corrected chi connectivity index (χ4v) is 3.82. The van der Waals surface area contributed by atoms with Crippen LogP contribution in [0.2, 0.25) is 0 Å². The number of hydrogen-bond acceptors (Lipinski definition) is 4. The lowest BCUT2D eigenvalue weighted by Crippen LogP contribution is -2.37. The first kappa shape index (κ1) is 23.6. The van der Waals surface area contributed by atoms with Crippen LogP contribution < -0.4 is 15.2 Å². The van der Waals surface area contributed by atoms with E-state index in [0.717, 1.165) is 21.1 Å². The Bertz CT molecular complexity index is 1370. The van der Waals surface area contributed by atoms with Crippen molar-refractivity contribution in [2.24, 2.45) is 7.05 Å². The third-order valence-corrected chi connectivity index (χ3v) is 5.81. The number of rotatable bonds is 5. The molecule has 1 heterocycles. The second-order valence-corrected chi connectivity index (χ2v) is 8.59. The molecule has 34 heavy (non-hydrogen) atoms. The van der Waals surface area contributed by atoms with Crippen molar-refractivity contribution in [2.75, 3.05) is 17.5 Å². The standard InChI is InChI=1S/C24H20BrF3N4O2/c1-14-4-9-18(24(26,27)28)19(10-14)30-32(16-7-5-15(25)6-8-16)23(33)17-11-20-21(12-22(17)34-3)31(2)13-29-20/h4-13,30H,1-3H3. The van der Waals surface area contributed by atoms with Crippen LogP contribution in [0, 0.1) is 6.92 Å². The topological polar surface area (TPSA) is 59.4 Å². The molecule has 0 fully saturated rings. The van der Waals surface area contributed by atoms with Crippen molar-refractivity contribution >= 4 is 44.2 Å². The number of halogens is 4. The molecule has 0 aliphatic carbocycles. The van der Waals surface area contributed by atoms with Gasteiger partial charge in [-0.3, -0.25) is 10.2 Å². The lowest BCUT2D eigenvalue weighted by atomic mass is 10.1. The van der Waals surface area contributed by atoms with Gasteiger partial charge >= 0.3 is 6.18 Å². The molecule has 1 N–H and O–H groups in total. The van der Waals surface area contributed by atoms with Gasteiger partial charge < -0.3 is 9.30 Å². The van der Waals surface area contributed by atoms with E-state index in [-0.39, 0.29) is 17.0 Å². The van der Waals surface area contributed by atoms with Crippen molar-refractivity contribution in [3.63, 3.8) is 0 Å². The number of nitrogens with zero attached hydrogens (tertiary/aromatic N) is 3. The monoisotopic (exact) mass is 532 g/mol. The van der Waals surface area contributed by atoms with E-state index in [1.54, 1.807) is 54.2 Å². The molecule has 0 saturated carbocycles. The summed E-state index contributed by atoms with van der Waals surface area (Å²) in [6.07, 6.45) is -3.01. The van der Waals surface area contributed by atoms with Crippen LogP contribution in [-0.4, -0.2) is 22.6 Å². The molecule has 6 nitrogen and oxygen atoms in total. The number of hydrogen-bond donors (Lipinski definition) is 1. The lowest BCUT2D eigenvalue weighted by Gasteiger charge is -2.27. The summed E-state index contributed by atoms with van der Waals surface area (Å²) >= 11 is 3.34.